The molecule has 0 aliphatic carbocycles. The van der Waals surface area contributed by atoms with Crippen LogP contribution in [-0.2, 0) is 0 Å². The summed E-state index contributed by atoms with van der Waals surface area (Å²) in [7, 11) is 0. The van der Waals surface area contributed by atoms with E-state index in [4.69, 9.17) is 10.7 Å². The van der Waals surface area contributed by atoms with Gasteiger partial charge in [-0.2, -0.15) is 5.10 Å². The molecule has 0 fully saturated rings. The molecule has 9 heteroatoms. The average Bonchev–Trinajstić information content (AvgIpc) is 3.14. The summed E-state index contributed by atoms with van der Waals surface area (Å²) in [6.45, 7) is 9.09. The summed E-state index contributed by atoms with van der Waals surface area (Å²) in [5, 5.41) is 8.04. The Morgan fingerprint density at radius 3 is 2.56 bits per heavy atom. The van der Waals surface area contributed by atoms with Crippen LogP contribution in [0.3, 0.4) is 0 Å². The Kier molecular flexibility index (Phi) is 8.23. The maximum Gasteiger partial charge on any atom is 0.252 e. The quantitative estimate of drug-likeness (QED) is 0.643. The van der Waals surface area contributed by atoms with Gasteiger partial charge in [0.25, 0.3) is 5.91 Å². The van der Waals surface area contributed by atoms with E-state index in [1.807, 2.05) is 10.7 Å². The molecule has 27 heavy (non-hydrogen) atoms. The van der Waals surface area contributed by atoms with Gasteiger partial charge in [-0.1, -0.05) is 0 Å². The van der Waals surface area contributed by atoms with Gasteiger partial charge in [-0.05, 0) is 39.8 Å². The zero-order chi connectivity index (χ0) is 18.1. The van der Waals surface area contributed by atoms with E-state index in [1.165, 1.54) is 9.75 Å². The van der Waals surface area contributed by atoms with Gasteiger partial charge in [-0.15, -0.1) is 36.2 Å². The van der Waals surface area contributed by atoms with Crippen LogP contribution in [0.25, 0.3) is 22.3 Å². The van der Waals surface area contributed by atoms with Gasteiger partial charge in [-0.3, -0.25) is 4.79 Å². The second-order valence-corrected chi connectivity index (χ2v) is 7.81. The smallest absolute Gasteiger partial charge is 0.252 e. The lowest BCUT2D eigenvalue weighted by molar-refractivity contribution is 0.0956. The van der Waals surface area contributed by atoms with Gasteiger partial charge in [0.05, 0.1) is 22.8 Å². The summed E-state index contributed by atoms with van der Waals surface area (Å²) in [5.41, 5.74) is 8.69. The van der Waals surface area contributed by atoms with E-state index >= 15 is 0 Å². The highest BCUT2D eigenvalue weighted by molar-refractivity contribution is 7.12. The van der Waals surface area contributed by atoms with E-state index in [-0.39, 0.29) is 36.8 Å². The number of aromatic nitrogens is 3. The lowest BCUT2D eigenvalue weighted by atomic mass is 10.1. The van der Waals surface area contributed by atoms with E-state index in [2.05, 4.69) is 44.2 Å². The number of amides is 1. The van der Waals surface area contributed by atoms with Crippen LogP contribution in [0.1, 0.15) is 40.0 Å². The number of thiophene rings is 1. The first kappa shape index (κ1) is 23.4. The topological polar surface area (TPSA) is 85.8 Å². The number of fused-ring (bicyclic) bond motifs is 1. The van der Waals surface area contributed by atoms with E-state index in [0.717, 1.165) is 22.3 Å². The number of hydrogen-bond acceptors (Lipinski definition) is 5. The van der Waals surface area contributed by atoms with Crippen LogP contribution in [0.5, 0.6) is 0 Å². The molecule has 0 radical (unpaired) electrons. The minimum absolute atomic E-state index is 0. The molecule has 0 spiro atoms. The molecule has 3 heterocycles. The van der Waals surface area contributed by atoms with Crippen molar-refractivity contribution in [2.24, 2.45) is 5.73 Å². The van der Waals surface area contributed by atoms with Crippen LogP contribution in [-0.4, -0.2) is 33.8 Å². The third-order valence-corrected chi connectivity index (χ3v) is 5.01. The summed E-state index contributed by atoms with van der Waals surface area (Å²) in [6.07, 6.45) is 1.72. The third kappa shape index (κ3) is 4.60. The lowest BCUT2D eigenvalue weighted by Crippen LogP contribution is -2.29. The van der Waals surface area contributed by atoms with Crippen LogP contribution in [0, 0.1) is 13.8 Å². The molecule has 3 aromatic rings. The fourth-order valence-electron chi connectivity index (χ4n) is 2.89. The van der Waals surface area contributed by atoms with Crippen molar-refractivity contribution in [2.75, 3.05) is 13.1 Å². The van der Waals surface area contributed by atoms with Gasteiger partial charge in [0.1, 0.15) is 0 Å². The molecule has 0 saturated carbocycles. The normalized spacial score (nSPS) is 10.6. The number of nitrogens with zero attached hydrogens (tertiary/aromatic N) is 3. The number of carbonyl (C=O) groups is 1. The Labute approximate surface area is 175 Å². The number of nitrogens with one attached hydrogen (secondary N) is 1. The summed E-state index contributed by atoms with van der Waals surface area (Å²) in [6, 6.07) is 4.13. The summed E-state index contributed by atoms with van der Waals surface area (Å²) >= 11 is 1.73. The van der Waals surface area contributed by atoms with Crippen molar-refractivity contribution in [2.45, 2.75) is 33.7 Å². The van der Waals surface area contributed by atoms with E-state index < -0.39 is 0 Å². The molecule has 6 nitrogen and oxygen atoms in total. The molecule has 3 aromatic heterocycles. The van der Waals surface area contributed by atoms with Gasteiger partial charge in [-0.25, -0.2) is 9.67 Å². The fourth-order valence-corrected chi connectivity index (χ4v) is 3.82. The minimum atomic E-state index is -0.146. The van der Waals surface area contributed by atoms with Crippen molar-refractivity contribution in [3.8, 4) is 11.3 Å². The number of carbonyl (C=O) groups excluding carboxylic acids is 1. The lowest BCUT2D eigenvalue weighted by Gasteiger charge is -2.10. The van der Waals surface area contributed by atoms with Crippen molar-refractivity contribution < 1.29 is 4.79 Å². The standard InChI is InChI=1S/C18H23N5OS.2ClH/c1-10(2)23-17-15(9-21-23)14(18(24)20-6-5-19)8-16(22-17)13-7-11(3)25-12(13)4;;/h7-10H,5-6,19H2,1-4H3,(H,20,24);2*1H. The second-order valence-electron chi connectivity index (χ2n) is 6.35. The molecule has 0 unspecified atom stereocenters. The average molecular weight is 430 g/mol. The van der Waals surface area contributed by atoms with Crippen molar-refractivity contribution >= 4 is 53.1 Å². The number of halogens is 2. The molecular formula is C18H25Cl2N5OS. The van der Waals surface area contributed by atoms with Crippen molar-refractivity contribution in [1.82, 2.24) is 20.1 Å². The van der Waals surface area contributed by atoms with E-state index in [0.29, 0.717) is 18.7 Å². The molecule has 0 aliphatic rings. The molecule has 148 valence electrons. The number of nitrogens with two attached hydrogens (primary N) is 1. The number of aryl methyl sites for hydroxylation is 2. The molecule has 0 aromatic carbocycles. The number of rotatable bonds is 5. The Balaban J connectivity index is 0.00000182. The maximum absolute atomic E-state index is 12.6. The molecule has 0 aliphatic heterocycles. The van der Waals surface area contributed by atoms with Crippen molar-refractivity contribution in [3.63, 3.8) is 0 Å². The molecular weight excluding hydrogens is 405 g/mol. The number of pyridine rings is 1. The van der Waals surface area contributed by atoms with Gasteiger partial charge in [0, 0.05) is 34.4 Å². The predicted molar refractivity (Wildman–Crippen MR) is 117 cm³/mol. The van der Waals surface area contributed by atoms with Gasteiger partial charge in [0.15, 0.2) is 5.65 Å². The summed E-state index contributed by atoms with van der Waals surface area (Å²) in [5.74, 6) is -0.146. The monoisotopic (exact) mass is 429 g/mol. The van der Waals surface area contributed by atoms with Gasteiger partial charge < -0.3 is 11.1 Å². The largest absolute Gasteiger partial charge is 0.351 e. The highest BCUT2D eigenvalue weighted by Gasteiger charge is 2.19. The van der Waals surface area contributed by atoms with Crippen molar-refractivity contribution in [3.05, 3.63) is 33.6 Å². The minimum Gasteiger partial charge on any atom is -0.351 e. The first-order valence-electron chi connectivity index (χ1n) is 8.36. The van der Waals surface area contributed by atoms with Gasteiger partial charge in [0.2, 0.25) is 0 Å². The first-order chi connectivity index (χ1) is 11.9. The Morgan fingerprint density at radius 2 is 2.00 bits per heavy atom. The van der Waals surface area contributed by atoms with Crippen LogP contribution in [0.2, 0.25) is 0 Å². The molecule has 0 atom stereocenters. The Bertz CT molecular complexity index is 935. The van der Waals surface area contributed by atoms with Crippen molar-refractivity contribution in [1.29, 1.82) is 0 Å². The highest BCUT2D eigenvalue weighted by atomic mass is 35.5. The van der Waals surface area contributed by atoms with Crippen LogP contribution >= 0.6 is 36.2 Å². The Hall–Kier alpha value is -1.67. The second kappa shape index (κ2) is 9.50. The van der Waals surface area contributed by atoms with Crippen LogP contribution < -0.4 is 11.1 Å². The number of hydrogen-bond donors (Lipinski definition) is 2. The molecule has 3 rings (SSSR count). The molecule has 3 N–H and O–H groups in total. The van der Waals surface area contributed by atoms with E-state index in [9.17, 15) is 4.79 Å². The maximum atomic E-state index is 12.6. The third-order valence-electron chi connectivity index (χ3n) is 4.05. The zero-order valence-corrected chi connectivity index (χ0v) is 18.2. The molecule has 1 amide bonds. The molecule has 0 bridgehead atoms. The first-order valence-corrected chi connectivity index (χ1v) is 9.18. The van der Waals surface area contributed by atoms with Crippen LogP contribution in [0.4, 0.5) is 0 Å². The SMILES string of the molecule is Cc1cc(-c2cc(C(=O)NCCN)c3cnn(C(C)C)c3n2)c(C)s1.Cl.Cl. The predicted octanol–water partition coefficient (Wildman–Crippen LogP) is 3.89. The van der Waals surface area contributed by atoms with E-state index in [1.54, 1.807) is 17.5 Å². The highest BCUT2D eigenvalue weighted by Crippen LogP contribution is 2.32. The summed E-state index contributed by atoms with van der Waals surface area (Å²) < 4.78 is 1.85. The molecule has 0 saturated heterocycles. The summed E-state index contributed by atoms with van der Waals surface area (Å²) in [4.78, 5) is 19.9. The Morgan fingerprint density at radius 1 is 1.30 bits per heavy atom. The fraction of sp³-hybridized carbons (Fsp3) is 0.389. The van der Waals surface area contributed by atoms with Gasteiger partial charge >= 0.3 is 0 Å². The zero-order valence-electron chi connectivity index (χ0n) is 15.8. The van der Waals surface area contributed by atoms with Crippen LogP contribution in [0.15, 0.2) is 18.3 Å².